The minimum atomic E-state index is -4.74. The first-order valence-electron chi connectivity index (χ1n) is 15.9. The second-order valence-electron chi connectivity index (χ2n) is 11.6. The summed E-state index contributed by atoms with van der Waals surface area (Å²) < 4.78 is 129. The van der Waals surface area contributed by atoms with Crippen LogP contribution in [0.4, 0.5) is 26.3 Å². The highest BCUT2D eigenvalue weighted by atomic mass is 35.5. The van der Waals surface area contributed by atoms with Crippen LogP contribution in [0.2, 0.25) is 5.02 Å². The molecule has 4 rings (SSSR count). The summed E-state index contributed by atoms with van der Waals surface area (Å²) in [7, 11) is -2.50. The Morgan fingerprint density at radius 3 is 2.06 bits per heavy atom. The van der Waals surface area contributed by atoms with Crippen LogP contribution in [0.15, 0.2) is 65.6 Å². The Hall–Kier alpha value is -3.63. The SMILES string of the molecule is Cc1ccc(S(=O)(=O)OCCOCCOCCCCCOc2ccc(-c3cc(C(F)(F)F)nn3C)c(C)c2-c2ccc(Cl)c(C(F)(F)F)c2)cc1. The van der Waals surface area contributed by atoms with Gasteiger partial charge in [-0.15, -0.1) is 0 Å². The van der Waals surface area contributed by atoms with E-state index in [1.807, 2.05) is 6.92 Å². The molecule has 0 fully saturated rings. The second kappa shape index (κ2) is 17.3. The molecule has 0 amide bonds. The molecule has 0 radical (unpaired) electrons. The molecule has 0 saturated heterocycles. The minimum absolute atomic E-state index is 0.0679. The largest absolute Gasteiger partial charge is 0.493 e. The fourth-order valence-electron chi connectivity index (χ4n) is 5.16. The van der Waals surface area contributed by atoms with Crippen LogP contribution in [-0.4, -0.2) is 57.8 Å². The predicted molar refractivity (Wildman–Crippen MR) is 179 cm³/mol. The summed E-state index contributed by atoms with van der Waals surface area (Å²) >= 11 is 5.86. The van der Waals surface area contributed by atoms with Gasteiger partial charge < -0.3 is 14.2 Å². The topological polar surface area (TPSA) is 88.9 Å². The Bertz CT molecular complexity index is 1880. The van der Waals surface area contributed by atoms with E-state index in [1.54, 1.807) is 25.1 Å². The van der Waals surface area contributed by atoms with Crippen LogP contribution in [-0.2, 0) is 43.2 Å². The molecule has 0 atom stereocenters. The van der Waals surface area contributed by atoms with E-state index in [-0.39, 0.29) is 53.9 Å². The van der Waals surface area contributed by atoms with Gasteiger partial charge in [-0.25, -0.2) is 0 Å². The average Bonchev–Trinajstić information content (AvgIpc) is 3.45. The average molecular weight is 763 g/mol. The standard InChI is InChI=1S/C35H37ClF6N2O6S/c1-23-7-10-26(11-8-23)51(45,46)50-20-19-48-18-17-47-15-5-4-6-16-49-31-14-12-27(30-22-32(35(40,41)42)43-44(30)3)24(2)33(31)25-9-13-29(36)28(21-25)34(37,38)39/h7-14,21-22H,4-6,15-20H2,1-3H3. The summed E-state index contributed by atoms with van der Waals surface area (Å²) in [6.07, 6.45) is -7.46. The van der Waals surface area contributed by atoms with Gasteiger partial charge in [0.05, 0.1) is 54.2 Å². The van der Waals surface area contributed by atoms with Crippen molar-refractivity contribution in [2.75, 3.05) is 39.6 Å². The normalized spacial score (nSPS) is 12.4. The molecule has 3 aromatic carbocycles. The molecule has 0 aliphatic carbocycles. The van der Waals surface area contributed by atoms with E-state index in [9.17, 15) is 34.8 Å². The molecule has 16 heteroatoms. The molecule has 0 saturated carbocycles. The number of unbranched alkanes of at least 4 members (excludes halogenated alkanes) is 2. The van der Waals surface area contributed by atoms with Crippen LogP contribution in [0.5, 0.6) is 5.75 Å². The zero-order valence-corrected chi connectivity index (χ0v) is 29.6. The van der Waals surface area contributed by atoms with Crippen molar-refractivity contribution in [3.05, 3.63) is 88.1 Å². The van der Waals surface area contributed by atoms with E-state index in [0.29, 0.717) is 43.6 Å². The van der Waals surface area contributed by atoms with Gasteiger partial charge in [0.2, 0.25) is 0 Å². The number of hydrogen-bond donors (Lipinski definition) is 0. The molecule has 0 bridgehead atoms. The second-order valence-corrected chi connectivity index (χ2v) is 13.6. The lowest BCUT2D eigenvalue weighted by Gasteiger charge is -2.19. The lowest BCUT2D eigenvalue weighted by Crippen LogP contribution is -2.13. The Morgan fingerprint density at radius 2 is 1.41 bits per heavy atom. The van der Waals surface area contributed by atoms with Gasteiger partial charge in [-0.3, -0.25) is 8.86 Å². The molecule has 0 spiro atoms. The van der Waals surface area contributed by atoms with E-state index in [1.165, 1.54) is 31.3 Å². The van der Waals surface area contributed by atoms with Gasteiger partial charge in [0.15, 0.2) is 5.69 Å². The Morgan fingerprint density at radius 1 is 0.765 bits per heavy atom. The number of halogens is 7. The van der Waals surface area contributed by atoms with Crippen LogP contribution in [0.25, 0.3) is 22.4 Å². The summed E-state index contributed by atoms with van der Waals surface area (Å²) in [5.41, 5.74) is 0.0618. The molecule has 1 aromatic heterocycles. The highest BCUT2D eigenvalue weighted by Crippen LogP contribution is 2.43. The maximum absolute atomic E-state index is 13.8. The van der Waals surface area contributed by atoms with Crippen LogP contribution >= 0.6 is 11.6 Å². The number of benzene rings is 3. The van der Waals surface area contributed by atoms with Crippen molar-refractivity contribution in [3.8, 4) is 28.1 Å². The molecule has 51 heavy (non-hydrogen) atoms. The molecule has 1 heterocycles. The number of rotatable bonds is 17. The van der Waals surface area contributed by atoms with Crippen LogP contribution in [0.3, 0.4) is 0 Å². The Labute approximate surface area is 297 Å². The van der Waals surface area contributed by atoms with Gasteiger partial charge in [-0.2, -0.15) is 39.9 Å². The third-order valence-corrected chi connectivity index (χ3v) is 9.43. The monoisotopic (exact) mass is 762 g/mol. The van der Waals surface area contributed by atoms with E-state index < -0.39 is 38.8 Å². The molecule has 0 unspecified atom stereocenters. The van der Waals surface area contributed by atoms with E-state index in [0.717, 1.165) is 28.4 Å². The Kier molecular flexibility index (Phi) is 13.6. The summed E-state index contributed by atoms with van der Waals surface area (Å²) in [6, 6.07) is 13.7. The fourth-order valence-corrected chi connectivity index (χ4v) is 6.28. The highest BCUT2D eigenvalue weighted by molar-refractivity contribution is 7.86. The van der Waals surface area contributed by atoms with Crippen molar-refractivity contribution in [2.24, 2.45) is 7.05 Å². The van der Waals surface area contributed by atoms with Gasteiger partial charge in [-0.1, -0.05) is 35.4 Å². The van der Waals surface area contributed by atoms with E-state index in [4.69, 9.17) is 30.0 Å². The quantitative estimate of drug-likeness (QED) is 0.0603. The number of aromatic nitrogens is 2. The van der Waals surface area contributed by atoms with Crippen molar-refractivity contribution in [1.29, 1.82) is 0 Å². The van der Waals surface area contributed by atoms with Crippen LogP contribution in [0.1, 0.15) is 41.6 Å². The van der Waals surface area contributed by atoms with E-state index >= 15 is 0 Å². The first kappa shape index (κ1) is 40.1. The van der Waals surface area contributed by atoms with Gasteiger partial charge in [0.25, 0.3) is 10.1 Å². The molecule has 0 aliphatic rings. The maximum Gasteiger partial charge on any atom is 0.435 e. The van der Waals surface area contributed by atoms with Crippen molar-refractivity contribution in [1.82, 2.24) is 9.78 Å². The van der Waals surface area contributed by atoms with Crippen molar-refractivity contribution in [2.45, 2.75) is 50.4 Å². The Balaban J connectivity index is 1.29. The molecule has 4 aromatic rings. The fraction of sp³-hybridized carbons (Fsp3) is 0.400. The number of hydrogen-bond acceptors (Lipinski definition) is 7. The zero-order valence-electron chi connectivity index (χ0n) is 28.0. The van der Waals surface area contributed by atoms with Gasteiger partial charge in [0, 0.05) is 24.8 Å². The van der Waals surface area contributed by atoms with Crippen molar-refractivity contribution < 1.29 is 53.2 Å². The van der Waals surface area contributed by atoms with Gasteiger partial charge >= 0.3 is 12.4 Å². The predicted octanol–water partition coefficient (Wildman–Crippen LogP) is 9.05. The molecule has 0 aliphatic heterocycles. The van der Waals surface area contributed by atoms with Gasteiger partial charge in [-0.05, 0) is 86.7 Å². The van der Waals surface area contributed by atoms with Crippen LogP contribution < -0.4 is 4.74 Å². The summed E-state index contributed by atoms with van der Waals surface area (Å²) in [6.45, 7) is 4.55. The minimum Gasteiger partial charge on any atom is -0.493 e. The maximum atomic E-state index is 13.8. The number of nitrogens with zero attached hydrogens (tertiary/aromatic N) is 2. The zero-order chi connectivity index (χ0) is 37.4. The number of aryl methyl sites for hydroxylation is 2. The highest BCUT2D eigenvalue weighted by Gasteiger charge is 2.36. The first-order valence-corrected chi connectivity index (χ1v) is 17.6. The van der Waals surface area contributed by atoms with Crippen LogP contribution in [0, 0.1) is 13.8 Å². The van der Waals surface area contributed by atoms with Gasteiger partial charge in [0.1, 0.15) is 5.75 Å². The lowest BCUT2D eigenvalue weighted by molar-refractivity contribution is -0.141. The molecule has 0 N–H and O–H groups in total. The van der Waals surface area contributed by atoms with Crippen molar-refractivity contribution >= 4 is 21.7 Å². The third kappa shape index (κ3) is 10.9. The number of alkyl halides is 6. The molecular weight excluding hydrogens is 726 g/mol. The third-order valence-electron chi connectivity index (χ3n) is 7.77. The summed E-state index contributed by atoms with van der Waals surface area (Å²) in [5, 5.41) is 3.08. The van der Waals surface area contributed by atoms with E-state index in [2.05, 4.69) is 5.10 Å². The summed E-state index contributed by atoms with van der Waals surface area (Å²) in [5.74, 6) is 0.258. The molecule has 278 valence electrons. The molecule has 8 nitrogen and oxygen atoms in total. The van der Waals surface area contributed by atoms with Crippen molar-refractivity contribution in [3.63, 3.8) is 0 Å². The molecular formula is C35H37ClF6N2O6S. The first-order chi connectivity index (χ1) is 24.0. The number of ether oxygens (including phenoxy) is 3. The lowest BCUT2D eigenvalue weighted by atomic mass is 9.92. The summed E-state index contributed by atoms with van der Waals surface area (Å²) in [4.78, 5) is 0.0723. The smallest absolute Gasteiger partial charge is 0.435 e.